The molecule has 8 nitrogen and oxygen atoms in total. The largest absolute Gasteiger partial charge is 0.476 e. The van der Waals surface area contributed by atoms with Crippen LogP contribution in [0.15, 0.2) is 24.5 Å². The lowest BCUT2D eigenvalue weighted by atomic mass is 10.0. The third-order valence-corrected chi connectivity index (χ3v) is 3.77. The summed E-state index contributed by atoms with van der Waals surface area (Å²) in [4.78, 5) is 30.2. The molecule has 0 unspecified atom stereocenters. The molecule has 2 aromatic rings. The van der Waals surface area contributed by atoms with Crippen LogP contribution < -0.4 is 15.0 Å². The first-order valence-electron chi connectivity index (χ1n) is 7.64. The Kier molecular flexibility index (Phi) is 3.96. The van der Waals surface area contributed by atoms with Gasteiger partial charge in [-0.15, -0.1) is 0 Å². The molecule has 1 aliphatic heterocycles. The highest BCUT2D eigenvalue weighted by atomic mass is 16.5. The van der Waals surface area contributed by atoms with Gasteiger partial charge in [-0.1, -0.05) is 6.07 Å². The van der Waals surface area contributed by atoms with Crippen LogP contribution in [0.2, 0.25) is 0 Å². The Bertz CT molecular complexity index is 770. The van der Waals surface area contributed by atoms with Gasteiger partial charge in [0.2, 0.25) is 11.9 Å². The lowest BCUT2D eigenvalue weighted by Gasteiger charge is -2.38. The average molecular weight is 329 g/mol. The molecular formula is C16H19N5O3. The Hall–Kier alpha value is -2.90. The van der Waals surface area contributed by atoms with Crippen molar-refractivity contribution in [2.45, 2.75) is 32.8 Å². The summed E-state index contributed by atoms with van der Waals surface area (Å²) in [6.45, 7) is 5.64. The Balaban J connectivity index is 1.77. The second-order valence-electron chi connectivity index (χ2n) is 6.17. The molecule has 2 N–H and O–H groups in total. The van der Waals surface area contributed by atoms with Gasteiger partial charge in [-0.3, -0.25) is 14.9 Å². The number of nitrogens with zero attached hydrogens (tertiary/aromatic N) is 3. The molecule has 0 saturated heterocycles. The van der Waals surface area contributed by atoms with Gasteiger partial charge >= 0.3 is 0 Å². The first-order chi connectivity index (χ1) is 11.4. The number of carbonyl (C=O) groups is 2. The predicted octanol–water partition coefficient (Wildman–Crippen LogP) is 1.65. The van der Waals surface area contributed by atoms with Crippen LogP contribution in [0.1, 0.15) is 25.8 Å². The number of aryl methyl sites for hydroxylation is 1. The molecule has 1 aromatic heterocycles. The summed E-state index contributed by atoms with van der Waals surface area (Å²) in [6, 6.07) is 5.66. The lowest BCUT2D eigenvalue weighted by molar-refractivity contribution is -0.132. The highest BCUT2D eigenvalue weighted by molar-refractivity contribution is 6.03. The molecule has 0 atom stereocenters. The highest BCUT2D eigenvalue weighted by Gasteiger charge is 2.40. The number of aromatic nitrogens is 3. The lowest BCUT2D eigenvalue weighted by Crippen LogP contribution is -2.53. The molecule has 0 saturated carbocycles. The van der Waals surface area contributed by atoms with E-state index >= 15 is 0 Å². The second kappa shape index (κ2) is 5.95. The van der Waals surface area contributed by atoms with Crippen molar-refractivity contribution in [3.63, 3.8) is 0 Å². The molecule has 0 spiro atoms. The third-order valence-electron chi connectivity index (χ3n) is 3.77. The number of H-pyrrole nitrogens is 1. The molecule has 0 aliphatic carbocycles. The van der Waals surface area contributed by atoms with Gasteiger partial charge in [0.1, 0.15) is 12.1 Å². The van der Waals surface area contributed by atoms with E-state index in [4.69, 9.17) is 4.74 Å². The number of nitrogens with one attached hydrogen (secondary N) is 2. The van der Waals surface area contributed by atoms with Crippen molar-refractivity contribution in [2.75, 3.05) is 16.8 Å². The predicted molar refractivity (Wildman–Crippen MR) is 87.9 cm³/mol. The van der Waals surface area contributed by atoms with Crippen molar-refractivity contribution in [1.29, 1.82) is 0 Å². The minimum absolute atomic E-state index is 0.135. The molecule has 3 rings (SSSR count). The van der Waals surface area contributed by atoms with Crippen LogP contribution in [0, 0.1) is 6.92 Å². The van der Waals surface area contributed by atoms with Crippen LogP contribution in [0.25, 0.3) is 0 Å². The number of ether oxygens (including phenoxy) is 1. The Morgan fingerprint density at radius 2 is 2.21 bits per heavy atom. The summed E-state index contributed by atoms with van der Waals surface area (Å²) >= 11 is 0. The summed E-state index contributed by atoms with van der Waals surface area (Å²) < 4.78 is 5.79. The van der Waals surface area contributed by atoms with Gasteiger partial charge in [0.25, 0.3) is 5.91 Å². The standard InChI is InChI=1S/C16H19N5O3/c1-10-4-5-12-11(8-10)21(14(23)16(2,3)24-12)7-6-13(22)19-15-17-9-18-20-15/h4-5,8-9H,6-7H2,1-3H3,(H2,17,18,19,20,22). The van der Waals surface area contributed by atoms with Gasteiger partial charge in [0.15, 0.2) is 5.60 Å². The molecule has 0 radical (unpaired) electrons. The van der Waals surface area contributed by atoms with E-state index in [1.165, 1.54) is 6.33 Å². The molecular weight excluding hydrogens is 310 g/mol. The van der Waals surface area contributed by atoms with E-state index in [9.17, 15) is 9.59 Å². The summed E-state index contributed by atoms with van der Waals surface area (Å²) in [5.41, 5.74) is 0.733. The smallest absolute Gasteiger partial charge is 0.270 e. The number of anilines is 2. The Morgan fingerprint density at radius 1 is 1.42 bits per heavy atom. The Labute approximate surface area is 139 Å². The third kappa shape index (κ3) is 3.08. The number of rotatable bonds is 4. The van der Waals surface area contributed by atoms with Gasteiger partial charge in [-0.25, -0.2) is 5.10 Å². The molecule has 0 bridgehead atoms. The number of carbonyl (C=O) groups excluding carboxylic acids is 2. The van der Waals surface area contributed by atoms with Crippen LogP contribution in [0.5, 0.6) is 5.75 Å². The summed E-state index contributed by atoms with van der Waals surface area (Å²) in [5, 5.41) is 8.82. The maximum absolute atomic E-state index is 12.7. The minimum atomic E-state index is -0.969. The number of hydrogen-bond acceptors (Lipinski definition) is 5. The molecule has 126 valence electrons. The van der Waals surface area contributed by atoms with Crippen molar-refractivity contribution in [3.8, 4) is 5.75 Å². The van der Waals surface area contributed by atoms with Crippen molar-refractivity contribution in [1.82, 2.24) is 15.2 Å². The first kappa shape index (κ1) is 16.0. The first-order valence-corrected chi connectivity index (χ1v) is 7.64. The van der Waals surface area contributed by atoms with E-state index in [0.29, 0.717) is 11.4 Å². The Morgan fingerprint density at radius 3 is 2.92 bits per heavy atom. The molecule has 24 heavy (non-hydrogen) atoms. The van der Waals surface area contributed by atoms with E-state index in [1.807, 2.05) is 25.1 Å². The summed E-state index contributed by atoms with van der Waals surface area (Å²) in [5.74, 6) is 0.497. The fraction of sp³-hybridized carbons (Fsp3) is 0.375. The van der Waals surface area contributed by atoms with Gasteiger partial charge in [0.05, 0.1) is 5.69 Å². The monoisotopic (exact) mass is 329 g/mol. The van der Waals surface area contributed by atoms with Crippen LogP contribution in [0.3, 0.4) is 0 Å². The normalized spacial score (nSPS) is 15.6. The molecule has 8 heteroatoms. The molecule has 2 heterocycles. The zero-order chi connectivity index (χ0) is 17.3. The SMILES string of the molecule is Cc1ccc2c(c1)N(CCC(=O)Nc1ncn[nH]1)C(=O)C(C)(C)O2. The van der Waals surface area contributed by atoms with Gasteiger partial charge in [-0.05, 0) is 38.5 Å². The zero-order valence-corrected chi connectivity index (χ0v) is 13.8. The van der Waals surface area contributed by atoms with E-state index in [1.54, 1.807) is 18.7 Å². The van der Waals surface area contributed by atoms with E-state index in [-0.39, 0.29) is 30.7 Å². The van der Waals surface area contributed by atoms with Crippen LogP contribution in [0.4, 0.5) is 11.6 Å². The molecule has 1 aromatic carbocycles. The summed E-state index contributed by atoms with van der Waals surface area (Å²) in [7, 11) is 0. The fourth-order valence-electron chi connectivity index (χ4n) is 2.57. The van der Waals surface area contributed by atoms with Crippen molar-refractivity contribution < 1.29 is 14.3 Å². The van der Waals surface area contributed by atoms with Crippen molar-refractivity contribution >= 4 is 23.5 Å². The van der Waals surface area contributed by atoms with Crippen LogP contribution in [-0.4, -0.2) is 39.1 Å². The van der Waals surface area contributed by atoms with Crippen LogP contribution >= 0.6 is 0 Å². The van der Waals surface area contributed by atoms with E-state index in [0.717, 1.165) is 5.56 Å². The minimum Gasteiger partial charge on any atom is -0.476 e. The fourth-order valence-corrected chi connectivity index (χ4v) is 2.57. The maximum Gasteiger partial charge on any atom is 0.270 e. The highest BCUT2D eigenvalue weighted by Crippen LogP contribution is 2.38. The number of amides is 2. The topological polar surface area (TPSA) is 100 Å². The quantitative estimate of drug-likeness (QED) is 0.888. The number of hydrogen-bond donors (Lipinski definition) is 2. The average Bonchev–Trinajstić information content (AvgIpc) is 3.01. The molecule has 1 aliphatic rings. The molecule has 0 fully saturated rings. The van der Waals surface area contributed by atoms with Crippen molar-refractivity contribution in [3.05, 3.63) is 30.1 Å². The molecule has 2 amide bonds. The van der Waals surface area contributed by atoms with E-state index < -0.39 is 5.60 Å². The van der Waals surface area contributed by atoms with Crippen molar-refractivity contribution in [2.24, 2.45) is 0 Å². The van der Waals surface area contributed by atoms with E-state index in [2.05, 4.69) is 20.5 Å². The van der Waals surface area contributed by atoms with Crippen LogP contribution in [-0.2, 0) is 9.59 Å². The van der Waals surface area contributed by atoms with Gasteiger partial charge in [-0.2, -0.15) is 10.1 Å². The van der Waals surface area contributed by atoms with Gasteiger partial charge in [0, 0.05) is 13.0 Å². The summed E-state index contributed by atoms with van der Waals surface area (Å²) in [6.07, 6.45) is 1.44. The number of fused-ring (bicyclic) bond motifs is 1. The number of aromatic amines is 1. The maximum atomic E-state index is 12.7. The van der Waals surface area contributed by atoms with Gasteiger partial charge < -0.3 is 9.64 Å². The second-order valence-corrected chi connectivity index (χ2v) is 6.17. The number of benzene rings is 1. The zero-order valence-electron chi connectivity index (χ0n) is 13.8.